The number of anilines is 1. The van der Waals surface area contributed by atoms with Crippen LogP contribution in [0.2, 0.25) is 0 Å². The maximum atomic E-state index is 12.5. The van der Waals surface area contributed by atoms with Crippen molar-refractivity contribution in [3.8, 4) is 0 Å². The topological polar surface area (TPSA) is 128 Å². The molecule has 1 N–H and O–H groups in total. The first-order valence-corrected chi connectivity index (χ1v) is 7.79. The molecule has 0 unspecified atom stereocenters. The van der Waals surface area contributed by atoms with Crippen LogP contribution in [0.1, 0.15) is 15.9 Å². The van der Waals surface area contributed by atoms with E-state index in [9.17, 15) is 25.0 Å². The Labute approximate surface area is 144 Å². The van der Waals surface area contributed by atoms with Crippen LogP contribution < -0.4 is 5.32 Å². The van der Waals surface area contributed by atoms with E-state index in [0.29, 0.717) is 10.6 Å². The molecule has 0 fully saturated rings. The van der Waals surface area contributed by atoms with Crippen LogP contribution in [-0.2, 0) is 0 Å². The number of aromatic nitrogens is 1. The number of benzene rings is 2. The Morgan fingerprint density at radius 2 is 1.88 bits per heavy atom. The molecule has 3 rings (SSSR count). The van der Waals surface area contributed by atoms with Crippen LogP contribution in [0.3, 0.4) is 0 Å². The van der Waals surface area contributed by atoms with Gasteiger partial charge >= 0.3 is 0 Å². The molecular formula is C15H10N4O5S. The fourth-order valence-electron chi connectivity index (χ4n) is 2.31. The van der Waals surface area contributed by atoms with Crippen LogP contribution >= 0.6 is 11.3 Å². The molecule has 0 spiro atoms. The molecule has 1 heterocycles. The van der Waals surface area contributed by atoms with E-state index in [-0.39, 0.29) is 11.1 Å². The summed E-state index contributed by atoms with van der Waals surface area (Å²) in [6, 6.07) is 9.12. The van der Waals surface area contributed by atoms with E-state index in [1.165, 1.54) is 18.3 Å². The van der Waals surface area contributed by atoms with E-state index in [1.807, 2.05) is 18.2 Å². The minimum atomic E-state index is -0.777. The Morgan fingerprint density at radius 1 is 1.16 bits per heavy atom. The van der Waals surface area contributed by atoms with Crippen LogP contribution in [0.5, 0.6) is 0 Å². The molecule has 2 aromatic carbocycles. The molecule has 3 aromatic rings. The highest BCUT2D eigenvalue weighted by molar-refractivity contribution is 7.22. The van der Waals surface area contributed by atoms with Crippen LogP contribution in [0.25, 0.3) is 10.2 Å². The van der Waals surface area contributed by atoms with Crippen molar-refractivity contribution in [3.63, 3.8) is 0 Å². The van der Waals surface area contributed by atoms with Gasteiger partial charge in [0.2, 0.25) is 0 Å². The van der Waals surface area contributed by atoms with Gasteiger partial charge in [-0.05, 0) is 19.1 Å². The van der Waals surface area contributed by atoms with Gasteiger partial charge in [0, 0.05) is 11.6 Å². The summed E-state index contributed by atoms with van der Waals surface area (Å²) in [4.78, 5) is 37.3. The number of carbonyl (C=O) groups is 1. The van der Waals surface area contributed by atoms with Gasteiger partial charge in [0.25, 0.3) is 17.3 Å². The van der Waals surface area contributed by atoms with Crippen molar-refractivity contribution >= 4 is 44.0 Å². The molecular weight excluding hydrogens is 348 g/mol. The van der Waals surface area contributed by atoms with E-state index in [2.05, 4.69) is 10.3 Å². The predicted octanol–water partition coefficient (Wildman–Crippen LogP) is 3.67. The Bertz CT molecular complexity index is 997. The molecule has 0 radical (unpaired) electrons. The monoisotopic (exact) mass is 358 g/mol. The molecule has 0 aliphatic rings. The lowest BCUT2D eigenvalue weighted by molar-refractivity contribution is -0.394. The molecule has 10 heteroatoms. The van der Waals surface area contributed by atoms with Gasteiger partial charge in [-0.25, -0.2) is 4.98 Å². The summed E-state index contributed by atoms with van der Waals surface area (Å²) in [7, 11) is 0. The molecule has 1 amide bonds. The fraction of sp³-hybridized carbons (Fsp3) is 0.0667. The largest absolute Gasteiger partial charge is 0.298 e. The number of thiazole rings is 1. The van der Waals surface area contributed by atoms with Crippen LogP contribution in [0.4, 0.5) is 16.5 Å². The average molecular weight is 358 g/mol. The number of nitro benzene ring substituents is 2. The molecule has 126 valence electrons. The summed E-state index contributed by atoms with van der Waals surface area (Å²) in [5, 5.41) is 24.9. The number of nitro groups is 2. The summed E-state index contributed by atoms with van der Waals surface area (Å²) < 4.78 is 0.861. The lowest BCUT2D eigenvalue weighted by Crippen LogP contribution is -2.14. The van der Waals surface area contributed by atoms with Crippen LogP contribution in [0.15, 0.2) is 36.4 Å². The lowest BCUT2D eigenvalue weighted by atomic mass is 10.0. The minimum absolute atomic E-state index is 0.0502. The van der Waals surface area contributed by atoms with Crippen LogP contribution in [0, 0.1) is 27.2 Å². The third-order valence-corrected chi connectivity index (χ3v) is 4.48. The van der Waals surface area contributed by atoms with E-state index in [1.54, 1.807) is 6.07 Å². The van der Waals surface area contributed by atoms with Gasteiger partial charge in [0.1, 0.15) is 0 Å². The second-order valence-corrected chi connectivity index (χ2v) is 6.12. The van der Waals surface area contributed by atoms with Gasteiger partial charge in [0.15, 0.2) is 5.13 Å². The second kappa shape index (κ2) is 6.24. The van der Waals surface area contributed by atoms with Gasteiger partial charge in [-0.2, -0.15) is 0 Å². The van der Waals surface area contributed by atoms with E-state index in [0.717, 1.165) is 16.8 Å². The molecule has 1 aromatic heterocycles. The molecule has 0 aliphatic heterocycles. The summed E-state index contributed by atoms with van der Waals surface area (Å²) in [5.41, 5.74) is -0.394. The van der Waals surface area contributed by atoms with Crippen molar-refractivity contribution in [2.24, 2.45) is 0 Å². The Balaban J connectivity index is 2.00. The standard InChI is InChI=1S/C15H10N4O5S/c1-8-10(6-9(18(21)22)7-12(8)19(23)24)14(20)17-15-16-11-4-2-3-5-13(11)25-15/h2-7H,1H3,(H,16,17,20). The normalized spacial score (nSPS) is 10.6. The van der Waals surface area contributed by atoms with Crippen molar-refractivity contribution in [1.82, 2.24) is 4.98 Å². The number of non-ortho nitro benzene ring substituents is 1. The van der Waals surface area contributed by atoms with E-state index < -0.39 is 27.1 Å². The zero-order valence-corrected chi connectivity index (χ0v) is 13.6. The highest BCUT2D eigenvalue weighted by atomic mass is 32.1. The average Bonchev–Trinajstić information content (AvgIpc) is 2.96. The second-order valence-electron chi connectivity index (χ2n) is 5.09. The Morgan fingerprint density at radius 3 is 2.52 bits per heavy atom. The summed E-state index contributed by atoms with van der Waals surface area (Å²) in [6.07, 6.45) is 0. The third-order valence-electron chi connectivity index (χ3n) is 3.53. The first-order valence-electron chi connectivity index (χ1n) is 6.97. The predicted molar refractivity (Wildman–Crippen MR) is 92.1 cm³/mol. The minimum Gasteiger partial charge on any atom is -0.298 e. The number of carbonyl (C=O) groups excluding carboxylic acids is 1. The molecule has 0 atom stereocenters. The van der Waals surface area contributed by atoms with Gasteiger partial charge in [-0.1, -0.05) is 23.5 Å². The first kappa shape index (κ1) is 16.5. The molecule has 9 nitrogen and oxygen atoms in total. The SMILES string of the molecule is Cc1c(C(=O)Nc2nc3ccccc3s2)cc([N+](=O)[O-])cc1[N+](=O)[O-]. The number of nitrogens with one attached hydrogen (secondary N) is 1. The molecule has 0 aliphatic carbocycles. The number of fused-ring (bicyclic) bond motifs is 1. The molecule has 0 bridgehead atoms. The first-order chi connectivity index (χ1) is 11.9. The maximum Gasteiger partial charge on any atom is 0.279 e. The Hall–Kier alpha value is -3.40. The highest BCUT2D eigenvalue weighted by Gasteiger charge is 2.25. The number of para-hydroxylation sites is 1. The lowest BCUT2D eigenvalue weighted by Gasteiger charge is -2.06. The zero-order chi connectivity index (χ0) is 18.1. The van der Waals surface area contributed by atoms with Gasteiger partial charge in [-0.3, -0.25) is 30.3 Å². The van der Waals surface area contributed by atoms with Gasteiger partial charge in [0.05, 0.1) is 31.7 Å². The molecule has 25 heavy (non-hydrogen) atoms. The summed E-state index contributed by atoms with van der Waals surface area (Å²) >= 11 is 1.24. The van der Waals surface area contributed by atoms with Crippen molar-refractivity contribution in [2.75, 3.05) is 5.32 Å². The van der Waals surface area contributed by atoms with E-state index >= 15 is 0 Å². The molecule has 0 saturated heterocycles. The van der Waals surface area contributed by atoms with E-state index in [4.69, 9.17) is 0 Å². The summed E-state index contributed by atoms with van der Waals surface area (Å²) in [5.74, 6) is -0.691. The zero-order valence-electron chi connectivity index (χ0n) is 12.8. The van der Waals surface area contributed by atoms with Crippen LogP contribution in [-0.4, -0.2) is 20.7 Å². The number of hydrogen-bond donors (Lipinski definition) is 1. The smallest absolute Gasteiger partial charge is 0.279 e. The Kier molecular flexibility index (Phi) is 4.11. The fourth-order valence-corrected chi connectivity index (χ4v) is 3.17. The number of amides is 1. The maximum absolute atomic E-state index is 12.5. The number of nitrogens with zero attached hydrogens (tertiary/aromatic N) is 3. The van der Waals surface area contributed by atoms with Gasteiger partial charge < -0.3 is 0 Å². The molecule has 0 saturated carbocycles. The quantitative estimate of drug-likeness (QED) is 0.559. The van der Waals surface area contributed by atoms with Crippen molar-refractivity contribution < 1.29 is 14.6 Å². The number of hydrogen-bond acceptors (Lipinski definition) is 7. The summed E-state index contributed by atoms with van der Waals surface area (Å²) in [6.45, 7) is 1.37. The van der Waals surface area contributed by atoms with Gasteiger partial charge in [-0.15, -0.1) is 0 Å². The third kappa shape index (κ3) is 3.15. The number of rotatable bonds is 4. The van der Waals surface area contributed by atoms with Crippen molar-refractivity contribution in [3.05, 3.63) is 67.8 Å². The van der Waals surface area contributed by atoms with Crippen molar-refractivity contribution in [2.45, 2.75) is 6.92 Å². The van der Waals surface area contributed by atoms with Crippen molar-refractivity contribution in [1.29, 1.82) is 0 Å². The highest BCUT2D eigenvalue weighted by Crippen LogP contribution is 2.30.